The van der Waals surface area contributed by atoms with Crippen molar-refractivity contribution >= 4 is 15.7 Å². The number of sulfonamides is 1. The highest BCUT2D eigenvalue weighted by Crippen LogP contribution is 2.25. The Morgan fingerprint density at radius 3 is 2.26 bits per heavy atom. The Morgan fingerprint density at radius 1 is 1.21 bits per heavy atom. The fourth-order valence-corrected chi connectivity index (χ4v) is 3.84. The highest BCUT2D eigenvalue weighted by atomic mass is 32.2. The van der Waals surface area contributed by atoms with Gasteiger partial charge in [-0.3, -0.25) is 5.84 Å². The standard InChI is InChI=1S/C13H23N3O2S/c1-10(2)9-16(11(3)4)19(17,18)13-8-6-5-7-12(13)15-14/h5-8,10-11,15H,9,14H2,1-4H3. The summed E-state index contributed by atoms with van der Waals surface area (Å²) in [5.41, 5.74) is 2.86. The van der Waals surface area contributed by atoms with E-state index in [1.165, 1.54) is 4.31 Å². The van der Waals surface area contributed by atoms with Gasteiger partial charge in [0.2, 0.25) is 10.0 Å². The Morgan fingerprint density at radius 2 is 1.79 bits per heavy atom. The third kappa shape index (κ3) is 3.68. The van der Waals surface area contributed by atoms with Gasteiger partial charge in [-0.25, -0.2) is 8.42 Å². The van der Waals surface area contributed by atoms with Crippen LogP contribution in [0, 0.1) is 5.92 Å². The van der Waals surface area contributed by atoms with Crippen molar-refractivity contribution in [1.29, 1.82) is 0 Å². The number of hydrogen-bond donors (Lipinski definition) is 2. The minimum absolute atomic E-state index is 0.0989. The summed E-state index contributed by atoms with van der Waals surface area (Å²) in [7, 11) is -3.55. The molecule has 0 radical (unpaired) electrons. The average Bonchev–Trinajstić information content (AvgIpc) is 2.35. The van der Waals surface area contributed by atoms with Gasteiger partial charge in [0, 0.05) is 12.6 Å². The summed E-state index contributed by atoms with van der Waals surface area (Å²) in [5.74, 6) is 5.65. The van der Waals surface area contributed by atoms with Crippen molar-refractivity contribution in [2.45, 2.75) is 38.6 Å². The van der Waals surface area contributed by atoms with Crippen LogP contribution in [0.2, 0.25) is 0 Å². The molecule has 0 aliphatic heterocycles. The van der Waals surface area contributed by atoms with E-state index in [1.54, 1.807) is 24.3 Å². The van der Waals surface area contributed by atoms with Gasteiger partial charge in [-0.1, -0.05) is 26.0 Å². The monoisotopic (exact) mass is 285 g/mol. The summed E-state index contributed by atoms with van der Waals surface area (Å²) >= 11 is 0. The summed E-state index contributed by atoms with van der Waals surface area (Å²) in [6.45, 7) is 8.23. The number of rotatable bonds is 6. The zero-order chi connectivity index (χ0) is 14.6. The molecule has 1 rings (SSSR count). The quantitative estimate of drug-likeness (QED) is 0.619. The van der Waals surface area contributed by atoms with Crippen LogP contribution >= 0.6 is 0 Å². The predicted octanol–water partition coefficient (Wildman–Crippen LogP) is 2.03. The van der Waals surface area contributed by atoms with Crippen LogP contribution in [0.25, 0.3) is 0 Å². The Balaban J connectivity index is 3.27. The number of nitrogens with zero attached hydrogens (tertiary/aromatic N) is 1. The molecule has 1 aromatic carbocycles. The SMILES string of the molecule is CC(C)CN(C(C)C)S(=O)(=O)c1ccccc1NN. The molecule has 108 valence electrons. The van der Waals surface area contributed by atoms with E-state index in [0.717, 1.165) is 0 Å². The number of para-hydroxylation sites is 1. The molecule has 0 unspecified atom stereocenters. The van der Waals surface area contributed by atoms with Crippen LogP contribution in [0.3, 0.4) is 0 Å². The van der Waals surface area contributed by atoms with Crippen LogP contribution in [-0.2, 0) is 10.0 Å². The Kier molecular flexibility index (Phi) is 5.34. The highest BCUT2D eigenvalue weighted by molar-refractivity contribution is 7.89. The number of nitrogens with two attached hydrogens (primary N) is 1. The van der Waals surface area contributed by atoms with Gasteiger partial charge in [0.15, 0.2) is 0 Å². The number of hydrogen-bond acceptors (Lipinski definition) is 4. The highest BCUT2D eigenvalue weighted by Gasteiger charge is 2.29. The first-order valence-corrected chi connectivity index (χ1v) is 7.82. The van der Waals surface area contributed by atoms with Crippen LogP contribution < -0.4 is 11.3 Å². The van der Waals surface area contributed by atoms with Crippen molar-refractivity contribution in [3.63, 3.8) is 0 Å². The maximum absolute atomic E-state index is 12.7. The van der Waals surface area contributed by atoms with E-state index in [0.29, 0.717) is 12.2 Å². The lowest BCUT2D eigenvalue weighted by Crippen LogP contribution is -2.39. The molecule has 1 aromatic rings. The first kappa shape index (κ1) is 15.9. The predicted molar refractivity (Wildman–Crippen MR) is 78.1 cm³/mol. The number of hydrazine groups is 1. The summed E-state index contributed by atoms with van der Waals surface area (Å²) in [5, 5.41) is 0. The third-order valence-corrected chi connectivity index (χ3v) is 4.85. The van der Waals surface area contributed by atoms with E-state index < -0.39 is 10.0 Å². The van der Waals surface area contributed by atoms with E-state index in [-0.39, 0.29) is 16.9 Å². The van der Waals surface area contributed by atoms with Crippen molar-refractivity contribution in [3.8, 4) is 0 Å². The van der Waals surface area contributed by atoms with Gasteiger partial charge in [-0.05, 0) is 31.9 Å². The third-order valence-electron chi connectivity index (χ3n) is 2.75. The number of benzene rings is 1. The molecule has 6 heteroatoms. The second-order valence-electron chi connectivity index (χ2n) is 5.20. The number of nitrogens with one attached hydrogen (secondary N) is 1. The van der Waals surface area contributed by atoms with Gasteiger partial charge in [-0.2, -0.15) is 4.31 Å². The van der Waals surface area contributed by atoms with Crippen LogP contribution in [0.15, 0.2) is 29.2 Å². The maximum Gasteiger partial charge on any atom is 0.245 e. The fourth-order valence-electron chi connectivity index (χ4n) is 1.88. The average molecular weight is 285 g/mol. The van der Waals surface area contributed by atoms with Crippen molar-refractivity contribution < 1.29 is 8.42 Å². The Hall–Kier alpha value is -1.11. The maximum atomic E-state index is 12.7. The van der Waals surface area contributed by atoms with E-state index in [4.69, 9.17) is 5.84 Å². The van der Waals surface area contributed by atoms with Crippen molar-refractivity contribution in [2.75, 3.05) is 12.0 Å². The van der Waals surface area contributed by atoms with Crippen molar-refractivity contribution in [1.82, 2.24) is 4.31 Å². The van der Waals surface area contributed by atoms with Crippen molar-refractivity contribution in [3.05, 3.63) is 24.3 Å². The van der Waals surface area contributed by atoms with Crippen LogP contribution in [-0.4, -0.2) is 25.3 Å². The van der Waals surface area contributed by atoms with Gasteiger partial charge < -0.3 is 5.43 Å². The van der Waals surface area contributed by atoms with Crippen LogP contribution in [0.5, 0.6) is 0 Å². The smallest absolute Gasteiger partial charge is 0.245 e. The van der Waals surface area contributed by atoms with Crippen molar-refractivity contribution in [2.24, 2.45) is 11.8 Å². The normalized spacial score (nSPS) is 12.4. The molecule has 0 saturated carbocycles. The molecule has 5 nitrogen and oxygen atoms in total. The lowest BCUT2D eigenvalue weighted by molar-refractivity contribution is 0.319. The molecule has 0 fully saturated rings. The molecule has 0 amide bonds. The first-order valence-electron chi connectivity index (χ1n) is 6.38. The zero-order valence-electron chi connectivity index (χ0n) is 11.9. The Labute approximate surface area is 115 Å². The molecule has 0 aliphatic rings. The minimum Gasteiger partial charge on any atom is -0.323 e. The molecular formula is C13H23N3O2S. The molecule has 0 aliphatic carbocycles. The van der Waals surface area contributed by atoms with Gasteiger partial charge in [-0.15, -0.1) is 0 Å². The molecule has 0 saturated heterocycles. The molecule has 3 N–H and O–H groups in total. The summed E-state index contributed by atoms with van der Waals surface area (Å²) in [6.07, 6.45) is 0. The number of nitrogen functional groups attached to an aromatic ring is 1. The van der Waals surface area contributed by atoms with Gasteiger partial charge >= 0.3 is 0 Å². The topological polar surface area (TPSA) is 75.4 Å². The lowest BCUT2D eigenvalue weighted by Gasteiger charge is -2.28. The van der Waals surface area contributed by atoms with Crippen LogP contribution in [0.4, 0.5) is 5.69 Å². The van der Waals surface area contributed by atoms with Gasteiger partial charge in [0.25, 0.3) is 0 Å². The minimum atomic E-state index is -3.55. The molecule has 0 bridgehead atoms. The molecule has 19 heavy (non-hydrogen) atoms. The second-order valence-corrected chi connectivity index (χ2v) is 7.06. The van der Waals surface area contributed by atoms with E-state index in [9.17, 15) is 8.42 Å². The van der Waals surface area contributed by atoms with Crippen LogP contribution in [0.1, 0.15) is 27.7 Å². The van der Waals surface area contributed by atoms with E-state index >= 15 is 0 Å². The molecule has 0 atom stereocenters. The van der Waals surface area contributed by atoms with E-state index in [1.807, 2.05) is 27.7 Å². The van der Waals surface area contributed by atoms with Gasteiger partial charge in [0.1, 0.15) is 4.90 Å². The number of anilines is 1. The summed E-state index contributed by atoms with van der Waals surface area (Å²) in [6, 6.07) is 6.57. The first-order chi connectivity index (χ1) is 8.80. The lowest BCUT2D eigenvalue weighted by atomic mass is 10.2. The summed E-state index contributed by atoms with van der Waals surface area (Å²) in [4.78, 5) is 0.215. The van der Waals surface area contributed by atoms with E-state index in [2.05, 4.69) is 5.43 Å². The molecular weight excluding hydrogens is 262 g/mol. The zero-order valence-corrected chi connectivity index (χ0v) is 12.7. The molecule has 0 aromatic heterocycles. The van der Waals surface area contributed by atoms with Gasteiger partial charge in [0.05, 0.1) is 5.69 Å². The molecule has 0 spiro atoms. The largest absolute Gasteiger partial charge is 0.323 e. The summed E-state index contributed by atoms with van der Waals surface area (Å²) < 4.78 is 26.9. The second kappa shape index (κ2) is 6.36. The molecule has 0 heterocycles. The fraction of sp³-hybridized carbons (Fsp3) is 0.538. The Bertz CT molecular complexity index is 512.